The van der Waals surface area contributed by atoms with Crippen LogP contribution in [0.5, 0.6) is 0 Å². The number of hydrogen-bond acceptors (Lipinski definition) is 4. The SMILES string of the molecule is Cc1ccc(S(=O)(=O)N(CCO)c2ccccc2)s1. The van der Waals surface area contributed by atoms with Gasteiger partial charge in [0.1, 0.15) is 4.21 Å². The molecule has 0 aliphatic carbocycles. The fourth-order valence-electron chi connectivity index (χ4n) is 1.73. The lowest BCUT2D eigenvalue weighted by molar-refractivity contribution is 0.306. The highest BCUT2D eigenvalue weighted by Crippen LogP contribution is 2.27. The van der Waals surface area contributed by atoms with E-state index in [1.165, 1.54) is 15.6 Å². The predicted molar refractivity (Wildman–Crippen MR) is 77.1 cm³/mol. The van der Waals surface area contributed by atoms with Crippen LogP contribution in [0.15, 0.2) is 46.7 Å². The first kappa shape index (κ1) is 14.0. The Morgan fingerprint density at radius 1 is 1.16 bits per heavy atom. The molecule has 1 aromatic heterocycles. The Morgan fingerprint density at radius 3 is 2.37 bits per heavy atom. The number of para-hydroxylation sites is 1. The van der Waals surface area contributed by atoms with Gasteiger partial charge in [0.25, 0.3) is 10.0 Å². The van der Waals surface area contributed by atoms with Crippen molar-refractivity contribution in [2.45, 2.75) is 11.1 Å². The van der Waals surface area contributed by atoms with Crippen molar-refractivity contribution in [3.05, 3.63) is 47.3 Å². The van der Waals surface area contributed by atoms with Crippen molar-refractivity contribution in [2.75, 3.05) is 17.5 Å². The van der Waals surface area contributed by atoms with Crippen LogP contribution in [0.3, 0.4) is 0 Å². The second-order valence-corrected chi connectivity index (χ2v) is 7.38. The van der Waals surface area contributed by atoms with E-state index in [9.17, 15) is 8.42 Å². The van der Waals surface area contributed by atoms with Crippen molar-refractivity contribution in [3.63, 3.8) is 0 Å². The fourth-order valence-corrected chi connectivity index (χ4v) is 4.59. The number of thiophene rings is 1. The molecule has 0 bridgehead atoms. The summed E-state index contributed by atoms with van der Waals surface area (Å²) in [6, 6.07) is 12.2. The van der Waals surface area contributed by atoms with Gasteiger partial charge in [-0.05, 0) is 31.2 Å². The summed E-state index contributed by atoms with van der Waals surface area (Å²) in [4.78, 5) is 0.940. The Kier molecular flexibility index (Phi) is 4.24. The molecule has 1 N–H and O–H groups in total. The van der Waals surface area contributed by atoms with Crippen LogP contribution in [0.2, 0.25) is 0 Å². The Morgan fingerprint density at radius 2 is 1.84 bits per heavy atom. The number of anilines is 1. The second kappa shape index (κ2) is 5.73. The van der Waals surface area contributed by atoms with Gasteiger partial charge in [0.15, 0.2) is 0 Å². The molecule has 2 aromatic rings. The minimum Gasteiger partial charge on any atom is -0.394 e. The molecule has 102 valence electrons. The smallest absolute Gasteiger partial charge is 0.273 e. The van der Waals surface area contributed by atoms with Crippen molar-refractivity contribution in [2.24, 2.45) is 0 Å². The molecule has 0 unspecified atom stereocenters. The molecule has 0 aliphatic heterocycles. The van der Waals surface area contributed by atoms with E-state index in [0.29, 0.717) is 9.90 Å². The van der Waals surface area contributed by atoms with Crippen LogP contribution in [0.4, 0.5) is 5.69 Å². The molecule has 0 amide bonds. The lowest BCUT2D eigenvalue weighted by Gasteiger charge is -2.22. The molecule has 1 aromatic carbocycles. The van der Waals surface area contributed by atoms with Gasteiger partial charge in [-0.1, -0.05) is 18.2 Å². The molecular formula is C13H15NO3S2. The molecule has 0 saturated carbocycles. The summed E-state index contributed by atoms with van der Waals surface area (Å²) in [6.07, 6.45) is 0. The Bertz CT molecular complexity index is 635. The van der Waals surface area contributed by atoms with Crippen molar-refractivity contribution in [1.29, 1.82) is 0 Å². The summed E-state index contributed by atoms with van der Waals surface area (Å²) in [5.41, 5.74) is 0.558. The van der Waals surface area contributed by atoms with E-state index in [2.05, 4.69) is 0 Å². The lowest BCUT2D eigenvalue weighted by atomic mass is 10.3. The van der Waals surface area contributed by atoms with Crippen LogP contribution in [0.25, 0.3) is 0 Å². The summed E-state index contributed by atoms with van der Waals surface area (Å²) < 4.78 is 26.7. The van der Waals surface area contributed by atoms with E-state index >= 15 is 0 Å². The molecule has 0 radical (unpaired) electrons. The maximum Gasteiger partial charge on any atom is 0.273 e. The van der Waals surface area contributed by atoms with E-state index in [4.69, 9.17) is 5.11 Å². The standard InChI is InChI=1S/C13H15NO3S2/c1-11-7-8-13(18-11)19(16,17)14(9-10-15)12-5-3-2-4-6-12/h2-8,15H,9-10H2,1H3. The van der Waals surface area contributed by atoms with Gasteiger partial charge in [0, 0.05) is 4.88 Å². The summed E-state index contributed by atoms with van der Waals surface area (Å²) in [6.45, 7) is 1.68. The monoisotopic (exact) mass is 297 g/mol. The van der Waals surface area contributed by atoms with Gasteiger partial charge < -0.3 is 5.11 Å². The van der Waals surface area contributed by atoms with Crippen LogP contribution in [0.1, 0.15) is 4.88 Å². The first-order valence-electron chi connectivity index (χ1n) is 5.81. The van der Waals surface area contributed by atoms with E-state index in [1.54, 1.807) is 36.4 Å². The Labute approximate surface area is 117 Å². The van der Waals surface area contributed by atoms with Gasteiger partial charge in [-0.3, -0.25) is 4.31 Å². The minimum absolute atomic E-state index is 0.0449. The molecule has 0 saturated heterocycles. The third-order valence-electron chi connectivity index (χ3n) is 2.61. The van der Waals surface area contributed by atoms with Gasteiger partial charge in [-0.2, -0.15) is 0 Å². The molecule has 6 heteroatoms. The zero-order valence-corrected chi connectivity index (χ0v) is 12.1. The first-order valence-corrected chi connectivity index (χ1v) is 8.06. The normalized spacial score (nSPS) is 11.5. The number of aliphatic hydroxyl groups is 1. The number of sulfonamides is 1. The Balaban J connectivity index is 2.44. The quantitative estimate of drug-likeness (QED) is 0.921. The van der Waals surface area contributed by atoms with Crippen LogP contribution >= 0.6 is 11.3 Å². The molecule has 0 spiro atoms. The van der Waals surface area contributed by atoms with Crippen molar-refractivity contribution in [3.8, 4) is 0 Å². The number of benzene rings is 1. The van der Waals surface area contributed by atoms with E-state index in [1.807, 2.05) is 13.0 Å². The zero-order valence-electron chi connectivity index (χ0n) is 10.5. The predicted octanol–water partition coefficient (Wildman–Crippen LogP) is 2.24. The highest BCUT2D eigenvalue weighted by Gasteiger charge is 2.25. The van der Waals surface area contributed by atoms with Gasteiger partial charge in [-0.25, -0.2) is 8.42 Å². The van der Waals surface area contributed by atoms with Crippen molar-refractivity contribution < 1.29 is 13.5 Å². The van der Waals surface area contributed by atoms with Gasteiger partial charge in [0.2, 0.25) is 0 Å². The summed E-state index contributed by atoms with van der Waals surface area (Å²) in [5.74, 6) is 0. The van der Waals surface area contributed by atoms with Crippen molar-refractivity contribution in [1.82, 2.24) is 0 Å². The Hall–Kier alpha value is -1.37. The highest BCUT2D eigenvalue weighted by atomic mass is 32.2. The number of nitrogens with zero attached hydrogens (tertiary/aromatic N) is 1. The van der Waals surface area contributed by atoms with Crippen LogP contribution < -0.4 is 4.31 Å². The molecule has 0 atom stereocenters. The minimum atomic E-state index is -3.60. The first-order chi connectivity index (χ1) is 9.05. The molecule has 19 heavy (non-hydrogen) atoms. The highest BCUT2D eigenvalue weighted by molar-refractivity contribution is 7.94. The number of aliphatic hydroxyl groups excluding tert-OH is 1. The fraction of sp³-hybridized carbons (Fsp3) is 0.231. The van der Waals surface area contributed by atoms with Crippen LogP contribution in [-0.4, -0.2) is 26.7 Å². The number of hydrogen-bond donors (Lipinski definition) is 1. The molecular weight excluding hydrogens is 282 g/mol. The number of rotatable bonds is 5. The average Bonchev–Trinajstić information content (AvgIpc) is 2.84. The summed E-state index contributed by atoms with van der Waals surface area (Å²) in [7, 11) is -3.60. The average molecular weight is 297 g/mol. The third kappa shape index (κ3) is 2.97. The summed E-state index contributed by atoms with van der Waals surface area (Å²) in [5, 5.41) is 9.11. The third-order valence-corrected chi connectivity index (χ3v) is 5.90. The lowest BCUT2D eigenvalue weighted by Crippen LogP contribution is -2.33. The second-order valence-electron chi connectivity index (χ2n) is 4.00. The van der Waals surface area contributed by atoms with Gasteiger partial charge >= 0.3 is 0 Å². The van der Waals surface area contributed by atoms with Crippen molar-refractivity contribution >= 4 is 27.0 Å². The van der Waals surface area contributed by atoms with Crippen LogP contribution in [0, 0.1) is 6.92 Å². The maximum absolute atomic E-state index is 12.6. The summed E-state index contributed by atoms with van der Waals surface area (Å²) >= 11 is 1.23. The van der Waals surface area contributed by atoms with E-state index in [0.717, 1.165) is 4.88 Å². The maximum atomic E-state index is 12.6. The van der Waals surface area contributed by atoms with E-state index in [-0.39, 0.29) is 13.2 Å². The van der Waals surface area contributed by atoms with E-state index < -0.39 is 10.0 Å². The number of aryl methyl sites for hydroxylation is 1. The zero-order chi connectivity index (χ0) is 13.9. The molecule has 4 nitrogen and oxygen atoms in total. The largest absolute Gasteiger partial charge is 0.394 e. The molecule has 0 aliphatic rings. The molecule has 1 heterocycles. The van der Waals surface area contributed by atoms with Gasteiger partial charge in [-0.15, -0.1) is 11.3 Å². The molecule has 0 fully saturated rings. The van der Waals surface area contributed by atoms with Crippen LogP contribution in [-0.2, 0) is 10.0 Å². The topological polar surface area (TPSA) is 57.6 Å². The molecule has 2 rings (SSSR count). The van der Waals surface area contributed by atoms with Gasteiger partial charge in [0.05, 0.1) is 18.8 Å².